The molecule has 0 aromatic heterocycles. The molecule has 1 aliphatic carbocycles. The first-order valence-electron chi connectivity index (χ1n) is 7.06. The Bertz CT molecular complexity index is 483. The SMILES string of the molecule is NC(N)=N/N=C(/CCC1CCCC1)c1ccc(Cl)cc1. The van der Waals surface area contributed by atoms with Gasteiger partial charge in [-0.15, -0.1) is 5.10 Å². The molecule has 0 bridgehead atoms. The molecule has 108 valence electrons. The molecular weight excluding hydrogens is 272 g/mol. The first-order valence-corrected chi connectivity index (χ1v) is 7.44. The average Bonchev–Trinajstić information content (AvgIpc) is 2.93. The van der Waals surface area contributed by atoms with Gasteiger partial charge in [0.05, 0.1) is 5.71 Å². The molecule has 4 nitrogen and oxygen atoms in total. The van der Waals surface area contributed by atoms with Crippen LogP contribution in [0.25, 0.3) is 0 Å². The van der Waals surface area contributed by atoms with E-state index in [0.717, 1.165) is 30.0 Å². The van der Waals surface area contributed by atoms with Crippen LogP contribution in [0.3, 0.4) is 0 Å². The highest BCUT2D eigenvalue weighted by molar-refractivity contribution is 6.30. The van der Waals surface area contributed by atoms with Gasteiger partial charge in [0.25, 0.3) is 0 Å². The highest BCUT2D eigenvalue weighted by atomic mass is 35.5. The van der Waals surface area contributed by atoms with E-state index in [0.29, 0.717) is 5.02 Å². The third-order valence-corrected chi connectivity index (χ3v) is 3.98. The van der Waals surface area contributed by atoms with Gasteiger partial charge in [0.1, 0.15) is 0 Å². The molecule has 0 atom stereocenters. The fraction of sp³-hybridized carbons (Fsp3) is 0.467. The summed E-state index contributed by atoms with van der Waals surface area (Å²) in [6.45, 7) is 0. The third-order valence-electron chi connectivity index (χ3n) is 3.73. The molecule has 0 heterocycles. The molecule has 0 aliphatic heterocycles. The van der Waals surface area contributed by atoms with Crippen LogP contribution in [0.15, 0.2) is 34.5 Å². The van der Waals surface area contributed by atoms with Crippen molar-refractivity contribution in [1.82, 2.24) is 0 Å². The zero-order valence-corrected chi connectivity index (χ0v) is 12.3. The van der Waals surface area contributed by atoms with Crippen molar-refractivity contribution in [3.05, 3.63) is 34.9 Å². The molecule has 0 spiro atoms. The average molecular weight is 293 g/mol. The largest absolute Gasteiger partial charge is 0.369 e. The second-order valence-corrected chi connectivity index (χ2v) is 5.70. The molecule has 1 aromatic carbocycles. The third kappa shape index (κ3) is 4.53. The van der Waals surface area contributed by atoms with Crippen molar-refractivity contribution in [3.63, 3.8) is 0 Å². The Morgan fingerprint density at radius 2 is 1.75 bits per heavy atom. The summed E-state index contributed by atoms with van der Waals surface area (Å²) in [4.78, 5) is 0. The maximum atomic E-state index is 5.92. The lowest BCUT2D eigenvalue weighted by molar-refractivity contribution is 0.515. The van der Waals surface area contributed by atoms with E-state index in [1.54, 1.807) is 0 Å². The fourth-order valence-corrected chi connectivity index (χ4v) is 2.78. The van der Waals surface area contributed by atoms with E-state index in [2.05, 4.69) is 10.2 Å². The number of nitrogens with zero attached hydrogens (tertiary/aromatic N) is 2. The minimum atomic E-state index is -0.0164. The molecule has 2 rings (SSSR count). The van der Waals surface area contributed by atoms with Crippen LogP contribution in [0.5, 0.6) is 0 Å². The van der Waals surface area contributed by atoms with Gasteiger partial charge >= 0.3 is 0 Å². The molecule has 20 heavy (non-hydrogen) atoms. The summed E-state index contributed by atoms with van der Waals surface area (Å²) < 4.78 is 0. The van der Waals surface area contributed by atoms with Gasteiger partial charge in [-0.05, 0) is 36.5 Å². The number of hydrogen-bond donors (Lipinski definition) is 2. The van der Waals surface area contributed by atoms with Crippen molar-refractivity contribution in [1.29, 1.82) is 0 Å². The first-order chi connectivity index (χ1) is 9.65. The van der Waals surface area contributed by atoms with E-state index in [-0.39, 0.29) is 5.96 Å². The Kier molecular flexibility index (Phi) is 5.41. The topological polar surface area (TPSA) is 76.8 Å². The Hall–Kier alpha value is -1.55. The zero-order chi connectivity index (χ0) is 14.4. The van der Waals surface area contributed by atoms with Gasteiger partial charge in [0, 0.05) is 5.02 Å². The summed E-state index contributed by atoms with van der Waals surface area (Å²) in [5, 5.41) is 8.71. The van der Waals surface area contributed by atoms with Crippen molar-refractivity contribution in [3.8, 4) is 0 Å². The summed E-state index contributed by atoms with van der Waals surface area (Å²) in [6.07, 6.45) is 7.40. The van der Waals surface area contributed by atoms with E-state index in [9.17, 15) is 0 Å². The second-order valence-electron chi connectivity index (χ2n) is 5.27. The van der Waals surface area contributed by atoms with Crippen molar-refractivity contribution in [2.75, 3.05) is 0 Å². The molecule has 0 saturated heterocycles. The van der Waals surface area contributed by atoms with Crippen LogP contribution in [0.1, 0.15) is 44.1 Å². The van der Waals surface area contributed by atoms with Crippen molar-refractivity contribution < 1.29 is 0 Å². The normalized spacial score (nSPS) is 16.4. The molecule has 5 heteroatoms. The summed E-state index contributed by atoms with van der Waals surface area (Å²) in [6, 6.07) is 7.63. The number of nitrogens with two attached hydrogens (primary N) is 2. The van der Waals surface area contributed by atoms with Crippen LogP contribution < -0.4 is 11.5 Å². The van der Waals surface area contributed by atoms with Crippen molar-refractivity contribution >= 4 is 23.3 Å². The van der Waals surface area contributed by atoms with E-state index in [4.69, 9.17) is 23.1 Å². The van der Waals surface area contributed by atoms with Gasteiger partial charge in [-0.2, -0.15) is 5.10 Å². The Labute approximate surface area is 124 Å². The van der Waals surface area contributed by atoms with Gasteiger partial charge in [-0.3, -0.25) is 0 Å². The van der Waals surface area contributed by atoms with Crippen LogP contribution >= 0.6 is 11.6 Å². The van der Waals surface area contributed by atoms with Crippen LogP contribution in [-0.2, 0) is 0 Å². The molecular formula is C15H21ClN4. The molecule has 0 unspecified atom stereocenters. The summed E-state index contributed by atoms with van der Waals surface area (Å²) in [5.41, 5.74) is 12.7. The minimum Gasteiger partial charge on any atom is -0.369 e. The minimum absolute atomic E-state index is 0.0164. The second kappa shape index (κ2) is 7.29. The number of rotatable bonds is 5. The fourth-order valence-electron chi connectivity index (χ4n) is 2.65. The highest BCUT2D eigenvalue weighted by Gasteiger charge is 2.16. The van der Waals surface area contributed by atoms with E-state index in [1.165, 1.54) is 25.7 Å². The first kappa shape index (κ1) is 14.9. The van der Waals surface area contributed by atoms with Gasteiger partial charge in [-0.25, -0.2) is 0 Å². The van der Waals surface area contributed by atoms with Crippen molar-refractivity contribution in [2.24, 2.45) is 27.6 Å². The molecule has 1 aromatic rings. The Morgan fingerprint density at radius 1 is 1.10 bits per heavy atom. The van der Waals surface area contributed by atoms with Crippen LogP contribution in [0, 0.1) is 5.92 Å². The van der Waals surface area contributed by atoms with E-state index < -0.39 is 0 Å². The maximum Gasteiger partial charge on any atom is 0.211 e. The van der Waals surface area contributed by atoms with Gasteiger partial charge in [0.15, 0.2) is 0 Å². The molecule has 1 aliphatic rings. The lowest BCUT2D eigenvalue weighted by atomic mass is 9.97. The van der Waals surface area contributed by atoms with Gasteiger partial charge in [0.2, 0.25) is 5.96 Å². The molecule has 0 amide bonds. The smallest absolute Gasteiger partial charge is 0.211 e. The quantitative estimate of drug-likeness (QED) is 0.496. The Balaban J connectivity index is 2.09. The predicted molar refractivity (Wildman–Crippen MR) is 85.0 cm³/mol. The van der Waals surface area contributed by atoms with Crippen LogP contribution in [0.2, 0.25) is 5.02 Å². The molecule has 1 fully saturated rings. The lowest BCUT2D eigenvalue weighted by Gasteiger charge is -2.10. The predicted octanol–water partition coefficient (Wildman–Crippen LogP) is 3.29. The monoisotopic (exact) mass is 292 g/mol. The molecule has 1 saturated carbocycles. The molecule has 4 N–H and O–H groups in total. The summed E-state index contributed by atoms with van der Waals surface area (Å²) in [7, 11) is 0. The number of halogens is 1. The van der Waals surface area contributed by atoms with E-state index in [1.807, 2.05) is 24.3 Å². The maximum absolute atomic E-state index is 5.92. The van der Waals surface area contributed by atoms with Gasteiger partial charge < -0.3 is 11.5 Å². The van der Waals surface area contributed by atoms with Crippen LogP contribution in [-0.4, -0.2) is 11.7 Å². The number of hydrogen-bond acceptors (Lipinski definition) is 2. The summed E-state index contributed by atoms with van der Waals surface area (Å²) >= 11 is 5.92. The Morgan fingerprint density at radius 3 is 2.35 bits per heavy atom. The highest BCUT2D eigenvalue weighted by Crippen LogP contribution is 2.29. The number of benzene rings is 1. The summed E-state index contributed by atoms with van der Waals surface area (Å²) in [5.74, 6) is 0.795. The van der Waals surface area contributed by atoms with Crippen molar-refractivity contribution in [2.45, 2.75) is 38.5 Å². The zero-order valence-electron chi connectivity index (χ0n) is 11.6. The van der Waals surface area contributed by atoms with E-state index >= 15 is 0 Å². The molecule has 0 radical (unpaired) electrons. The van der Waals surface area contributed by atoms with Crippen LogP contribution in [0.4, 0.5) is 0 Å². The standard InChI is InChI=1S/C15H21ClN4/c16-13-8-6-12(7-9-13)14(19-20-15(17)18)10-5-11-3-1-2-4-11/h6-9,11H,1-5,10H2,(H4,17,18,20)/b19-14-. The lowest BCUT2D eigenvalue weighted by Crippen LogP contribution is -2.22. The number of guanidine groups is 1. The van der Waals surface area contributed by atoms with Gasteiger partial charge in [-0.1, -0.05) is 49.4 Å².